The molecule has 0 amide bonds. The minimum Gasteiger partial charge on any atom is -0.507 e. The van der Waals surface area contributed by atoms with Crippen molar-refractivity contribution in [3.05, 3.63) is 53.6 Å². The number of phenolic OH excluding ortho intramolecular Hbond substituents is 3. The molecule has 1 aliphatic rings. The van der Waals surface area contributed by atoms with E-state index in [1.807, 2.05) is 0 Å². The highest BCUT2D eigenvalue weighted by atomic mass is 16.5. The van der Waals surface area contributed by atoms with Crippen molar-refractivity contribution < 1.29 is 24.9 Å². The molecule has 0 atom stereocenters. The molecule has 3 rings (SSSR count). The van der Waals surface area contributed by atoms with Crippen molar-refractivity contribution in [1.29, 1.82) is 0 Å². The monoisotopic (exact) mass is 397 g/mol. The lowest BCUT2D eigenvalue weighted by molar-refractivity contribution is 0.104. The van der Waals surface area contributed by atoms with Gasteiger partial charge in [-0.2, -0.15) is 0 Å². The summed E-state index contributed by atoms with van der Waals surface area (Å²) >= 11 is 0. The molecular weight excluding hydrogens is 370 g/mol. The fraction of sp³-hybridized carbons (Fsp3) is 0.348. The van der Waals surface area contributed by atoms with Gasteiger partial charge in [-0.15, -0.1) is 0 Å². The maximum Gasteiger partial charge on any atom is 0.189 e. The Morgan fingerprint density at radius 1 is 0.966 bits per heavy atom. The van der Waals surface area contributed by atoms with E-state index >= 15 is 0 Å². The summed E-state index contributed by atoms with van der Waals surface area (Å²) in [6.45, 7) is 3.87. The number of aromatic hydroxyl groups is 3. The highest BCUT2D eigenvalue weighted by molar-refractivity contribution is 6.08. The van der Waals surface area contributed by atoms with Gasteiger partial charge in [-0.3, -0.25) is 4.79 Å². The molecular formula is C23H27NO5. The number of phenols is 3. The zero-order chi connectivity index (χ0) is 20.6. The SMILES string of the molecule is O=C(/C=C/c1ccc(O)c(O)c1)c1cc(OCCCN2CCCCC2)ccc1O. The van der Waals surface area contributed by atoms with Crippen molar-refractivity contribution in [2.45, 2.75) is 25.7 Å². The Kier molecular flexibility index (Phi) is 7.14. The molecule has 154 valence electrons. The largest absolute Gasteiger partial charge is 0.507 e. The fourth-order valence-electron chi connectivity index (χ4n) is 3.37. The highest BCUT2D eigenvalue weighted by Crippen LogP contribution is 2.27. The summed E-state index contributed by atoms with van der Waals surface area (Å²) < 4.78 is 5.76. The third kappa shape index (κ3) is 5.99. The average molecular weight is 397 g/mol. The second-order valence-corrected chi connectivity index (χ2v) is 7.23. The van der Waals surface area contributed by atoms with Gasteiger partial charge in [0.25, 0.3) is 0 Å². The Bertz CT molecular complexity index is 872. The van der Waals surface area contributed by atoms with Crippen LogP contribution in [0.4, 0.5) is 0 Å². The number of carbonyl (C=O) groups excluding carboxylic acids is 1. The van der Waals surface area contributed by atoms with Crippen molar-refractivity contribution in [2.75, 3.05) is 26.2 Å². The molecule has 0 saturated carbocycles. The predicted octanol–water partition coefficient (Wildman–Crippen LogP) is 3.95. The maximum atomic E-state index is 12.5. The predicted molar refractivity (Wildman–Crippen MR) is 112 cm³/mol. The number of nitrogens with zero attached hydrogens (tertiary/aromatic N) is 1. The van der Waals surface area contributed by atoms with Crippen LogP contribution in [0.25, 0.3) is 6.08 Å². The lowest BCUT2D eigenvalue weighted by atomic mass is 10.1. The Balaban J connectivity index is 1.56. The molecule has 6 nitrogen and oxygen atoms in total. The van der Waals surface area contributed by atoms with Crippen LogP contribution in [0, 0.1) is 0 Å². The summed E-state index contributed by atoms with van der Waals surface area (Å²) in [4.78, 5) is 14.9. The lowest BCUT2D eigenvalue weighted by Gasteiger charge is -2.26. The van der Waals surface area contributed by atoms with Crippen molar-refractivity contribution in [2.24, 2.45) is 0 Å². The first-order valence-corrected chi connectivity index (χ1v) is 9.95. The molecule has 1 fully saturated rings. The standard InChI is InChI=1S/C23H27NO5/c25-20(8-5-17-6-9-22(27)23(28)15-17)19-16-18(7-10-21(19)26)29-14-4-13-24-11-2-1-3-12-24/h5-10,15-16,26-28H,1-4,11-14H2/b8-5+. The summed E-state index contributed by atoms with van der Waals surface area (Å²) in [7, 11) is 0. The number of ether oxygens (including phenoxy) is 1. The summed E-state index contributed by atoms with van der Waals surface area (Å²) in [5.41, 5.74) is 0.705. The van der Waals surface area contributed by atoms with Gasteiger partial charge in [0.15, 0.2) is 17.3 Å². The Morgan fingerprint density at radius 3 is 2.48 bits per heavy atom. The van der Waals surface area contributed by atoms with Crippen LogP contribution < -0.4 is 4.74 Å². The molecule has 3 N–H and O–H groups in total. The van der Waals surface area contributed by atoms with E-state index in [-0.39, 0.29) is 28.6 Å². The highest BCUT2D eigenvalue weighted by Gasteiger charge is 2.12. The van der Waals surface area contributed by atoms with E-state index in [2.05, 4.69) is 4.90 Å². The van der Waals surface area contributed by atoms with E-state index < -0.39 is 0 Å². The second-order valence-electron chi connectivity index (χ2n) is 7.23. The van der Waals surface area contributed by atoms with E-state index in [0.29, 0.717) is 17.9 Å². The van der Waals surface area contributed by atoms with Gasteiger partial charge in [0.05, 0.1) is 12.2 Å². The number of ketones is 1. The third-order valence-electron chi connectivity index (χ3n) is 5.00. The average Bonchev–Trinajstić information content (AvgIpc) is 2.73. The zero-order valence-corrected chi connectivity index (χ0v) is 16.4. The summed E-state index contributed by atoms with van der Waals surface area (Å²) in [6.07, 6.45) is 7.57. The van der Waals surface area contributed by atoms with Gasteiger partial charge < -0.3 is 25.0 Å². The molecule has 0 aliphatic carbocycles. The Hall–Kier alpha value is -2.99. The lowest BCUT2D eigenvalue weighted by Crippen LogP contribution is -2.31. The van der Waals surface area contributed by atoms with Crippen LogP contribution in [-0.4, -0.2) is 52.2 Å². The molecule has 0 aromatic heterocycles. The first-order chi connectivity index (χ1) is 14.0. The molecule has 2 aromatic carbocycles. The van der Waals surface area contributed by atoms with E-state index in [1.54, 1.807) is 12.1 Å². The van der Waals surface area contributed by atoms with E-state index in [1.165, 1.54) is 55.7 Å². The van der Waals surface area contributed by atoms with Gasteiger partial charge >= 0.3 is 0 Å². The molecule has 0 bridgehead atoms. The Labute approximate surface area is 170 Å². The number of hydrogen-bond acceptors (Lipinski definition) is 6. The van der Waals surface area contributed by atoms with Gasteiger partial charge in [0.1, 0.15) is 11.5 Å². The third-order valence-corrected chi connectivity index (χ3v) is 5.00. The first kappa shape index (κ1) is 20.7. The van der Waals surface area contributed by atoms with Crippen LogP contribution >= 0.6 is 0 Å². The summed E-state index contributed by atoms with van der Waals surface area (Å²) in [6, 6.07) is 8.90. The number of rotatable bonds is 8. The summed E-state index contributed by atoms with van der Waals surface area (Å²) in [5.74, 6) is -0.443. The normalized spacial score (nSPS) is 14.9. The van der Waals surface area contributed by atoms with E-state index in [0.717, 1.165) is 26.1 Å². The minimum atomic E-state index is -0.381. The smallest absolute Gasteiger partial charge is 0.189 e. The van der Waals surface area contributed by atoms with Gasteiger partial charge in [0, 0.05) is 6.54 Å². The summed E-state index contributed by atoms with van der Waals surface area (Å²) in [5, 5.41) is 28.9. The van der Waals surface area contributed by atoms with Crippen molar-refractivity contribution >= 4 is 11.9 Å². The first-order valence-electron chi connectivity index (χ1n) is 9.95. The topological polar surface area (TPSA) is 90.2 Å². The molecule has 0 unspecified atom stereocenters. The van der Waals surface area contributed by atoms with E-state index in [4.69, 9.17) is 4.74 Å². The molecule has 0 spiro atoms. The van der Waals surface area contributed by atoms with Crippen LogP contribution in [-0.2, 0) is 0 Å². The van der Waals surface area contributed by atoms with Crippen molar-refractivity contribution in [1.82, 2.24) is 4.90 Å². The van der Waals surface area contributed by atoms with E-state index in [9.17, 15) is 20.1 Å². The zero-order valence-electron chi connectivity index (χ0n) is 16.4. The number of hydrogen-bond donors (Lipinski definition) is 3. The Morgan fingerprint density at radius 2 is 1.72 bits per heavy atom. The quantitative estimate of drug-likeness (QED) is 0.270. The van der Waals surface area contributed by atoms with Crippen LogP contribution in [0.5, 0.6) is 23.0 Å². The van der Waals surface area contributed by atoms with Crippen LogP contribution in [0.3, 0.4) is 0 Å². The molecule has 0 radical (unpaired) electrons. The number of piperidine rings is 1. The van der Waals surface area contributed by atoms with Gasteiger partial charge in [-0.05, 0) is 74.3 Å². The molecule has 2 aromatic rings. The number of benzene rings is 2. The van der Waals surface area contributed by atoms with Crippen molar-refractivity contribution in [3.63, 3.8) is 0 Å². The van der Waals surface area contributed by atoms with Crippen LogP contribution in [0.1, 0.15) is 41.6 Å². The molecule has 1 aliphatic heterocycles. The van der Waals surface area contributed by atoms with Gasteiger partial charge in [-0.1, -0.05) is 18.6 Å². The molecule has 29 heavy (non-hydrogen) atoms. The number of carbonyl (C=O) groups is 1. The minimum absolute atomic E-state index is 0.117. The number of likely N-dealkylation sites (tertiary alicyclic amines) is 1. The number of allylic oxidation sites excluding steroid dienone is 1. The van der Waals surface area contributed by atoms with Crippen LogP contribution in [0.2, 0.25) is 0 Å². The second kappa shape index (κ2) is 9.98. The molecule has 1 saturated heterocycles. The maximum absolute atomic E-state index is 12.5. The fourth-order valence-corrected chi connectivity index (χ4v) is 3.37. The van der Waals surface area contributed by atoms with Crippen LogP contribution in [0.15, 0.2) is 42.5 Å². The van der Waals surface area contributed by atoms with Crippen molar-refractivity contribution in [3.8, 4) is 23.0 Å². The molecule has 1 heterocycles. The van der Waals surface area contributed by atoms with Gasteiger partial charge in [-0.25, -0.2) is 0 Å². The van der Waals surface area contributed by atoms with Gasteiger partial charge in [0.2, 0.25) is 0 Å². The molecule has 6 heteroatoms.